The predicted octanol–water partition coefficient (Wildman–Crippen LogP) is 3.20. The molecule has 2 heterocycles. The summed E-state index contributed by atoms with van der Waals surface area (Å²) in [7, 11) is 0. The van der Waals surface area contributed by atoms with Crippen molar-refractivity contribution in [3.8, 4) is 6.07 Å². The fraction of sp³-hybridized carbons (Fsp3) is 0.444. The molecule has 2 aromatic rings. The van der Waals surface area contributed by atoms with Gasteiger partial charge in [-0.1, -0.05) is 18.6 Å². The van der Waals surface area contributed by atoms with Crippen molar-refractivity contribution in [2.45, 2.75) is 44.8 Å². The average Bonchev–Trinajstić information content (AvgIpc) is 3.08. The van der Waals surface area contributed by atoms with Gasteiger partial charge in [-0.25, -0.2) is 0 Å². The lowest BCUT2D eigenvalue weighted by Gasteiger charge is -2.36. The molecule has 1 aromatic heterocycles. The Morgan fingerprint density at radius 3 is 3.05 bits per heavy atom. The van der Waals surface area contributed by atoms with Crippen molar-refractivity contribution in [1.82, 2.24) is 14.7 Å². The van der Waals surface area contributed by atoms with E-state index in [9.17, 15) is 0 Å². The molecule has 0 N–H and O–H groups in total. The first-order chi connectivity index (χ1) is 10.8. The Morgan fingerprint density at radius 1 is 1.27 bits per heavy atom. The molecule has 3 rings (SSSR count). The molecule has 0 aliphatic carbocycles. The molecule has 0 amide bonds. The fourth-order valence-corrected chi connectivity index (χ4v) is 3.28. The lowest BCUT2D eigenvalue weighted by molar-refractivity contribution is 0.127. The van der Waals surface area contributed by atoms with Gasteiger partial charge in [-0.05, 0) is 49.6 Å². The van der Waals surface area contributed by atoms with Gasteiger partial charge < -0.3 is 0 Å². The number of aryl methyl sites for hydroxylation is 1. The molecule has 1 saturated heterocycles. The third kappa shape index (κ3) is 3.75. The smallest absolute Gasteiger partial charge is 0.0991 e. The molecule has 4 nitrogen and oxygen atoms in total. The van der Waals surface area contributed by atoms with Gasteiger partial charge >= 0.3 is 0 Å². The topological polar surface area (TPSA) is 44.9 Å². The second-order valence-electron chi connectivity index (χ2n) is 5.99. The Hall–Kier alpha value is -2.12. The van der Waals surface area contributed by atoms with Gasteiger partial charge in [-0.15, -0.1) is 0 Å². The molecule has 1 aliphatic heterocycles. The number of piperidine rings is 1. The summed E-state index contributed by atoms with van der Waals surface area (Å²) in [6, 6.07) is 12.8. The lowest BCUT2D eigenvalue weighted by atomic mass is 9.98. The first-order valence-corrected chi connectivity index (χ1v) is 8.05. The second kappa shape index (κ2) is 7.24. The van der Waals surface area contributed by atoms with E-state index in [0.29, 0.717) is 6.04 Å². The van der Waals surface area contributed by atoms with Crippen molar-refractivity contribution in [3.05, 3.63) is 53.9 Å². The largest absolute Gasteiger partial charge is 0.296 e. The molecule has 22 heavy (non-hydrogen) atoms. The first-order valence-electron chi connectivity index (χ1n) is 8.05. The molecule has 1 fully saturated rings. The monoisotopic (exact) mass is 294 g/mol. The Morgan fingerprint density at radius 2 is 2.23 bits per heavy atom. The van der Waals surface area contributed by atoms with Gasteiger partial charge in [-0.2, -0.15) is 10.4 Å². The van der Waals surface area contributed by atoms with Crippen LogP contribution in [-0.4, -0.2) is 27.3 Å². The van der Waals surface area contributed by atoms with Crippen LogP contribution in [0, 0.1) is 11.3 Å². The van der Waals surface area contributed by atoms with Crippen LogP contribution in [0.5, 0.6) is 0 Å². The lowest BCUT2D eigenvalue weighted by Crippen LogP contribution is -2.39. The average molecular weight is 294 g/mol. The molecule has 1 atom stereocenters. The molecular formula is C18H22N4. The van der Waals surface area contributed by atoms with Crippen LogP contribution in [0.25, 0.3) is 0 Å². The highest BCUT2D eigenvalue weighted by molar-refractivity contribution is 5.32. The third-order valence-corrected chi connectivity index (χ3v) is 4.44. The van der Waals surface area contributed by atoms with Gasteiger partial charge in [-0.3, -0.25) is 9.58 Å². The van der Waals surface area contributed by atoms with Crippen molar-refractivity contribution in [2.24, 2.45) is 0 Å². The number of benzene rings is 1. The normalized spacial score (nSPS) is 19.0. The van der Waals surface area contributed by atoms with Crippen LogP contribution in [-0.2, 0) is 13.1 Å². The molecule has 1 aliphatic rings. The van der Waals surface area contributed by atoms with Crippen molar-refractivity contribution in [1.29, 1.82) is 5.26 Å². The highest BCUT2D eigenvalue weighted by Crippen LogP contribution is 2.22. The standard InChI is InChI=1S/C18H22N4/c19-14-16-5-3-6-17(13-16)15-21-10-2-1-7-18(21)8-12-22-11-4-9-20-22/h3-6,9,11,13,18H,1-2,7-8,10,12,15H2/t18-/m0/s1. The summed E-state index contributed by atoms with van der Waals surface area (Å²) < 4.78 is 2.02. The molecule has 114 valence electrons. The van der Waals surface area contributed by atoms with Crippen LogP contribution >= 0.6 is 0 Å². The van der Waals surface area contributed by atoms with Crippen LogP contribution in [0.4, 0.5) is 0 Å². The molecule has 0 unspecified atom stereocenters. The van der Waals surface area contributed by atoms with Crippen LogP contribution in [0.2, 0.25) is 0 Å². The molecule has 0 radical (unpaired) electrons. The van der Waals surface area contributed by atoms with E-state index in [0.717, 1.165) is 31.6 Å². The zero-order valence-corrected chi connectivity index (χ0v) is 12.9. The molecular weight excluding hydrogens is 272 g/mol. The number of hydrogen-bond donors (Lipinski definition) is 0. The van der Waals surface area contributed by atoms with E-state index in [1.54, 1.807) is 0 Å². The Labute approximate surface area is 132 Å². The summed E-state index contributed by atoms with van der Waals surface area (Å²) in [5.41, 5.74) is 1.99. The molecule has 0 saturated carbocycles. The maximum absolute atomic E-state index is 9.04. The number of likely N-dealkylation sites (tertiary alicyclic amines) is 1. The fourth-order valence-electron chi connectivity index (χ4n) is 3.28. The van der Waals surface area contributed by atoms with Gasteiger partial charge in [0, 0.05) is 31.5 Å². The van der Waals surface area contributed by atoms with Crippen molar-refractivity contribution < 1.29 is 0 Å². The van der Waals surface area contributed by atoms with Crippen LogP contribution in [0.1, 0.15) is 36.8 Å². The van der Waals surface area contributed by atoms with Gasteiger partial charge in [0.05, 0.1) is 11.6 Å². The minimum atomic E-state index is 0.615. The van der Waals surface area contributed by atoms with Gasteiger partial charge in [0.1, 0.15) is 0 Å². The van der Waals surface area contributed by atoms with E-state index in [-0.39, 0.29) is 0 Å². The third-order valence-electron chi connectivity index (χ3n) is 4.44. The van der Waals surface area contributed by atoms with E-state index in [1.165, 1.54) is 24.8 Å². The molecule has 0 spiro atoms. The molecule has 4 heteroatoms. The Bertz CT molecular complexity index is 627. The maximum atomic E-state index is 9.04. The van der Waals surface area contributed by atoms with Gasteiger partial charge in [0.25, 0.3) is 0 Å². The van der Waals surface area contributed by atoms with Crippen LogP contribution < -0.4 is 0 Å². The zero-order valence-electron chi connectivity index (χ0n) is 12.9. The van der Waals surface area contributed by atoms with Gasteiger partial charge in [0.2, 0.25) is 0 Å². The summed E-state index contributed by atoms with van der Waals surface area (Å²) in [5, 5.41) is 13.3. The summed E-state index contributed by atoms with van der Waals surface area (Å²) in [5.74, 6) is 0. The molecule has 1 aromatic carbocycles. The van der Waals surface area contributed by atoms with E-state index >= 15 is 0 Å². The maximum Gasteiger partial charge on any atom is 0.0991 e. The number of hydrogen-bond acceptors (Lipinski definition) is 3. The van der Waals surface area contributed by atoms with Crippen molar-refractivity contribution in [3.63, 3.8) is 0 Å². The minimum Gasteiger partial charge on any atom is -0.296 e. The summed E-state index contributed by atoms with van der Waals surface area (Å²) in [4.78, 5) is 2.57. The Kier molecular flexibility index (Phi) is 4.87. The van der Waals surface area contributed by atoms with Gasteiger partial charge in [0.15, 0.2) is 0 Å². The van der Waals surface area contributed by atoms with Crippen LogP contribution in [0.15, 0.2) is 42.7 Å². The van der Waals surface area contributed by atoms with Crippen molar-refractivity contribution >= 4 is 0 Å². The van der Waals surface area contributed by atoms with Crippen LogP contribution in [0.3, 0.4) is 0 Å². The van der Waals surface area contributed by atoms with E-state index < -0.39 is 0 Å². The van der Waals surface area contributed by atoms with E-state index in [1.807, 2.05) is 41.3 Å². The SMILES string of the molecule is N#Cc1cccc(CN2CCCC[C@H]2CCn2cccn2)c1. The number of rotatable bonds is 5. The summed E-state index contributed by atoms with van der Waals surface area (Å²) in [6.45, 7) is 3.08. The minimum absolute atomic E-state index is 0.615. The van der Waals surface area contributed by atoms with E-state index in [2.05, 4.69) is 22.1 Å². The predicted molar refractivity (Wildman–Crippen MR) is 86.1 cm³/mol. The highest BCUT2D eigenvalue weighted by atomic mass is 15.3. The van der Waals surface area contributed by atoms with E-state index in [4.69, 9.17) is 5.26 Å². The highest BCUT2D eigenvalue weighted by Gasteiger charge is 2.22. The van der Waals surface area contributed by atoms with Crippen molar-refractivity contribution in [2.75, 3.05) is 6.54 Å². The number of nitrogens with zero attached hydrogens (tertiary/aromatic N) is 4. The quantitative estimate of drug-likeness (QED) is 0.850. The number of nitriles is 1. The molecule has 0 bridgehead atoms. The summed E-state index contributed by atoms with van der Waals surface area (Å²) >= 11 is 0. The Balaban J connectivity index is 1.63. The zero-order chi connectivity index (χ0) is 15.2. The second-order valence-corrected chi connectivity index (χ2v) is 5.99. The number of aromatic nitrogens is 2. The summed E-state index contributed by atoms with van der Waals surface area (Å²) in [6.07, 6.45) is 8.86. The first kappa shape index (κ1) is 14.8.